The Morgan fingerprint density at radius 2 is 1.67 bits per heavy atom. The molecule has 0 aliphatic carbocycles. The molecule has 2 N–H and O–H groups in total. The zero-order chi connectivity index (χ0) is 25.0. The second kappa shape index (κ2) is 13.9. The van der Waals surface area contributed by atoms with E-state index in [0.29, 0.717) is 13.1 Å². The van der Waals surface area contributed by atoms with E-state index in [1.54, 1.807) is 25.7 Å². The van der Waals surface area contributed by atoms with Crippen LogP contribution >= 0.6 is 0 Å². The maximum atomic E-state index is 13.3. The molecule has 1 aromatic rings. The van der Waals surface area contributed by atoms with Crippen molar-refractivity contribution in [2.75, 3.05) is 19.6 Å². The number of carbonyl (C=O) groups is 3. The summed E-state index contributed by atoms with van der Waals surface area (Å²) in [6.45, 7) is 14.2. The minimum absolute atomic E-state index is 0.197. The van der Waals surface area contributed by atoms with Gasteiger partial charge in [-0.05, 0) is 58.6 Å². The van der Waals surface area contributed by atoms with E-state index in [2.05, 4.69) is 24.5 Å². The van der Waals surface area contributed by atoms with Crippen LogP contribution in [0.5, 0.6) is 0 Å². The average Bonchev–Trinajstić information content (AvgIpc) is 2.71. The molecule has 0 saturated carbocycles. The van der Waals surface area contributed by atoms with Crippen LogP contribution in [0.25, 0.3) is 0 Å². The number of alkyl carbamates (subject to hydrolysis) is 1. The molecule has 3 amide bonds. The van der Waals surface area contributed by atoms with Gasteiger partial charge in [-0.2, -0.15) is 0 Å². The van der Waals surface area contributed by atoms with E-state index in [1.807, 2.05) is 32.0 Å². The van der Waals surface area contributed by atoms with E-state index in [1.165, 1.54) is 0 Å². The van der Waals surface area contributed by atoms with Crippen LogP contribution in [0.3, 0.4) is 0 Å². The first-order chi connectivity index (χ1) is 15.5. The van der Waals surface area contributed by atoms with Crippen LogP contribution in [-0.2, 0) is 14.3 Å². The molecule has 186 valence electrons. The van der Waals surface area contributed by atoms with Crippen molar-refractivity contribution in [1.82, 2.24) is 15.5 Å². The normalized spacial score (nSPS) is 12.1. The number of hydrogen-bond donors (Lipinski definition) is 2. The Balaban J connectivity index is 3.21. The Morgan fingerprint density at radius 3 is 2.24 bits per heavy atom. The maximum Gasteiger partial charge on any atom is 0.408 e. The van der Waals surface area contributed by atoms with E-state index in [4.69, 9.17) is 4.74 Å². The molecule has 0 spiro atoms. The molecule has 33 heavy (non-hydrogen) atoms. The minimum Gasteiger partial charge on any atom is -0.444 e. The van der Waals surface area contributed by atoms with Crippen molar-refractivity contribution < 1.29 is 19.1 Å². The number of amides is 3. The number of ether oxygens (including phenoxy) is 1. The van der Waals surface area contributed by atoms with Gasteiger partial charge in [0.25, 0.3) is 0 Å². The summed E-state index contributed by atoms with van der Waals surface area (Å²) in [5, 5.41) is 5.55. The second-order valence-electron chi connectivity index (χ2n) is 9.56. The second-order valence-corrected chi connectivity index (χ2v) is 9.56. The van der Waals surface area contributed by atoms with Crippen molar-refractivity contribution in [1.29, 1.82) is 0 Å². The van der Waals surface area contributed by atoms with Gasteiger partial charge in [-0.1, -0.05) is 56.9 Å². The molecule has 0 fully saturated rings. The standard InChI is InChI=1S/C26H43N3O4/c1-8-10-12-16-29(22(30)18-28-25(32)33-26(5,6)7)23(24(31)27-15-11-9-2)21-14-13-19(3)17-20(21)4/h13-14,17,23H,8-12,15-16,18H2,1-7H3,(H,27,31)(H,28,32). The van der Waals surface area contributed by atoms with Gasteiger partial charge in [0.1, 0.15) is 18.2 Å². The number of benzene rings is 1. The van der Waals surface area contributed by atoms with Gasteiger partial charge < -0.3 is 20.3 Å². The summed E-state index contributed by atoms with van der Waals surface area (Å²) in [6, 6.07) is 5.15. The van der Waals surface area contributed by atoms with Gasteiger partial charge in [0.05, 0.1) is 0 Å². The summed E-state index contributed by atoms with van der Waals surface area (Å²) >= 11 is 0. The zero-order valence-corrected chi connectivity index (χ0v) is 21.5. The number of hydrogen-bond acceptors (Lipinski definition) is 4. The van der Waals surface area contributed by atoms with E-state index in [9.17, 15) is 14.4 Å². The third kappa shape index (κ3) is 10.3. The Bertz CT molecular complexity index is 786. The first-order valence-electron chi connectivity index (χ1n) is 12.1. The predicted octanol–water partition coefficient (Wildman–Crippen LogP) is 4.80. The maximum absolute atomic E-state index is 13.3. The van der Waals surface area contributed by atoms with Gasteiger partial charge in [-0.25, -0.2) is 4.79 Å². The van der Waals surface area contributed by atoms with Crippen LogP contribution < -0.4 is 10.6 Å². The molecule has 0 bridgehead atoms. The summed E-state index contributed by atoms with van der Waals surface area (Å²) in [5.41, 5.74) is 2.20. The fourth-order valence-electron chi connectivity index (χ4n) is 3.56. The van der Waals surface area contributed by atoms with Gasteiger partial charge >= 0.3 is 6.09 Å². The fourth-order valence-corrected chi connectivity index (χ4v) is 3.56. The molecular formula is C26H43N3O4. The van der Waals surface area contributed by atoms with Gasteiger partial charge in [-0.15, -0.1) is 0 Å². The molecule has 1 aromatic carbocycles. The van der Waals surface area contributed by atoms with Crippen molar-refractivity contribution in [3.63, 3.8) is 0 Å². The highest BCUT2D eigenvalue weighted by Crippen LogP contribution is 2.26. The van der Waals surface area contributed by atoms with Gasteiger partial charge in [0.15, 0.2) is 0 Å². The first-order valence-corrected chi connectivity index (χ1v) is 12.1. The fraction of sp³-hybridized carbons (Fsp3) is 0.654. The monoisotopic (exact) mass is 461 g/mol. The molecule has 1 rings (SSSR count). The highest BCUT2D eigenvalue weighted by Gasteiger charge is 2.32. The number of nitrogens with one attached hydrogen (secondary N) is 2. The lowest BCUT2D eigenvalue weighted by molar-refractivity contribution is -0.140. The van der Waals surface area contributed by atoms with E-state index < -0.39 is 17.7 Å². The summed E-state index contributed by atoms with van der Waals surface area (Å²) in [5.74, 6) is -0.509. The molecule has 0 aliphatic heterocycles. The van der Waals surface area contributed by atoms with Crippen LogP contribution in [0.2, 0.25) is 0 Å². The molecule has 0 heterocycles. The van der Waals surface area contributed by atoms with Crippen LogP contribution in [-0.4, -0.2) is 48.0 Å². The molecule has 0 aliphatic rings. The van der Waals surface area contributed by atoms with Crippen molar-refractivity contribution in [2.45, 2.75) is 92.2 Å². The molecule has 0 saturated heterocycles. The van der Waals surface area contributed by atoms with Gasteiger partial charge in [0.2, 0.25) is 11.8 Å². The lowest BCUT2D eigenvalue weighted by atomic mass is 9.96. The lowest BCUT2D eigenvalue weighted by Gasteiger charge is -2.32. The van der Waals surface area contributed by atoms with Crippen LogP contribution in [0.15, 0.2) is 18.2 Å². The number of carbonyl (C=O) groups excluding carboxylic acids is 3. The highest BCUT2D eigenvalue weighted by atomic mass is 16.6. The molecular weight excluding hydrogens is 418 g/mol. The summed E-state index contributed by atoms with van der Waals surface area (Å²) in [4.78, 5) is 40.4. The molecule has 7 nitrogen and oxygen atoms in total. The Kier molecular flexibility index (Phi) is 12.0. The van der Waals surface area contributed by atoms with Crippen molar-refractivity contribution >= 4 is 17.9 Å². The SMILES string of the molecule is CCCCCN(C(=O)CNC(=O)OC(C)(C)C)C(C(=O)NCCCC)c1ccc(C)cc1C. The number of aryl methyl sites for hydroxylation is 2. The number of unbranched alkanes of at least 4 members (excludes halogenated alkanes) is 3. The zero-order valence-electron chi connectivity index (χ0n) is 21.5. The number of nitrogens with zero attached hydrogens (tertiary/aromatic N) is 1. The summed E-state index contributed by atoms with van der Waals surface area (Å²) in [6.07, 6.45) is 3.90. The van der Waals surface area contributed by atoms with Crippen LogP contribution in [0, 0.1) is 13.8 Å². The summed E-state index contributed by atoms with van der Waals surface area (Å²) in [7, 11) is 0. The molecule has 1 unspecified atom stereocenters. The average molecular weight is 462 g/mol. The van der Waals surface area contributed by atoms with Crippen molar-refractivity contribution in [3.8, 4) is 0 Å². The summed E-state index contributed by atoms with van der Waals surface area (Å²) < 4.78 is 5.26. The molecule has 1 atom stereocenters. The quantitative estimate of drug-likeness (QED) is 0.438. The Labute approximate surface area is 199 Å². The van der Waals surface area contributed by atoms with Crippen molar-refractivity contribution in [3.05, 3.63) is 34.9 Å². The van der Waals surface area contributed by atoms with Crippen LogP contribution in [0.1, 0.15) is 89.5 Å². The molecule has 0 aromatic heterocycles. The van der Waals surface area contributed by atoms with Gasteiger partial charge in [0, 0.05) is 13.1 Å². The minimum atomic E-state index is -0.757. The predicted molar refractivity (Wildman–Crippen MR) is 132 cm³/mol. The van der Waals surface area contributed by atoms with Crippen LogP contribution in [0.4, 0.5) is 4.79 Å². The van der Waals surface area contributed by atoms with E-state index >= 15 is 0 Å². The van der Waals surface area contributed by atoms with Gasteiger partial charge in [-0.3, -0.25) is 9.59 Å². The smallest absolute Gasteiger partial charge is 0.408 e. The van der Waals surface area contributed by atoms with E-state index in [-0.39, 0.29) is 18.4 Å². The first kappa shape index (κ1) is 28.5. The van der Waals surface area contributed by atoms with Crippen molar-refractivity contribution in [2.24, 2.45) is 0 Å². The Morgan fingerprint density at radius 1 is 1.00 bits per heavy atom. The van der Waals surface area contributed by atoms with E-state index in [0.717, 1.165) is 48.8 Å². The highest BCUT2D eigenvalue weighted by molar-refractivity contribution is 5.90. The molecule has 7 heteroatoms. The number of rotatable bonds is 12. The lowest BCUT2D eigenvalue weighted by Crippen LogP contribution is -2.48. The largest absolute Gasteiger partial charge is 0.444 e. The third-order valence-corrected chi connectivity index (χ3v) is 5.22. The third-order valence-electron chi connectivity index (χ3n) is 5.22. The molecule has 0 radical (unpaired) electrons. The Hall–Kier alpha value is -2.57. The topological polar surface area (TPSA) is 87.7 Å².